The molecule has 2 aliphatic rings. The third-order valence-corrected chi connectivity index (χ3v) is 8.20. The first kappa shape index (κ1) is 33.5. The molecule has 0 amide bonds. The van der Waals surface area contributed by atoms with Crippen molar-refractivity contribution in [3.63, 3.8) is 0 Å². The molecule has 3 heterocycles. The van der Waals surface area contributed by atoms with Gasteiger partial charge in [-0.25, -0.2) is 0 Å². The van der Waals surface area contributed by atoms with Crippen LogP contribution in [0.15, 0.2) is 39.5 Å². The number of aromatic hydroxyl groups is 2. The highest BCUT2D eigenvalue weighted by Gasteiger charge is 2.51. The summed E-state index contributed by atoms with van der Waals surface area (Å²) in [6, 6.07) is 7.25. The number of methoxy groups -OCH3 is 1. The van der Waals surface area contributed by atoms with Crippen molar-refractivity contribution < 1.29 is 74.1 Å². The zero-order chi connectivity index (χ0) is 33.6. The summed E-state index contributed by atoms with van der Waals surface area (Å²) >= 11 is 0. The third-order valence-electron chi connectivity index (χ3n) is 8.20. The second-order valence-corrected chi connectivity index (χ2v) is 11.0. The normalized spacial score (nSPS) is 31.5. The molecule has 10 unspecified atom stereocenters. The number of carbonyl (C=O) groups excluding carboxylic acids is 1. The molecule has 10 atom stereocenters. The lowest BCUT2D eigenvalue weighted by Crippen LogP contribution is -2.56. The molecule has 2 fully saturated rings. The summed E-state index contributed by atoms with van der Waals surface area (Å²) in [5.74, 6) is -2.53. The maximum Gasteiger partial charge on any atom is 0.303 e. The van der Waals surface area contributed by atoms with Gasteiger partial charge in [0.2, 0.25) is 0 Å². The lowest BCUT2D eigenvalue weighted by Gasteiger charge is -2.43. The molecule has 1 aromatic heterocycles. The Morgan fingerprint density at radius 2 is 1.39 bits per heavy atom. The number of phenolic OH excluding ortho intramolecular Hbond substituents is 2. The van der Waals surface area contributed by atoms with E-state index < -0.39 is 119 Å². The molecule has 2 saturated heterocycles. The first-order valence-corrected chi connectivity index (χ1v) is 14.1. The van der Waals surface area contributed by atoms with E-state index in [0.29, 0.717) is 11.3 Å². The highest BCUT2D eigenvalue weighted by molar-refractivity contribution is 5.92. The number of aliphatic hydroxyl groups excluding tert-OH is 7. The molecule has 2 aromatic carbocycles. The molecule has 9 N–H and O–H groups in total. The van der Waals surface area contributed by atoms with Crippen molar-refractivity contribution in [2.75, 3.05) is 20.3 Å². The molecule has 46 heavy (non-hydrogen) atoms. The average Bonchev–Trinajstić information content (AvgIpc) is 3.03. The van der Waals surface area contributed by atoms with Gasteiger partial charge in [0.1, 0.15) is 83.3 Å². The van der Waals surface area contributed by atoms with Crippen molar-refractivity contribution >= 4 is 16.9 Å². The van der Waals surface area contributed by atoms with Crippen LogP contribution in [0.2, 0.25) is 0 Å². The van der Waals surface area contributed by atoms with E-state index in [-0.39, 0.29) is 5.76 Å². The largest absolute Gasteiger partial charge is 0.507 e. The minimum atomic E-state index is -2.04. The average molecular weight is 651 g/mol. The minimum absolute atomic E-state index is 0.0834. The third kappa shape index (κ3) is 5.68. The number of carbonyl (C=O) groups is 1. The van der Waals surface area contributed by atoms with Crippen LogP contribution in [0, 0.1) is 0 Å². The second-order valence-electron chi connectivity index (χ2n) is 11.0. The highest BCUT2D eigenvalue weighted by atomic mass is 16.6. The van der Waals surface area contributed by atoms with E-state index in [9.17, 15) is 55.5 Å². The van der Waals surface area contributed by atoms with Crippen LogP contribution >= 0.6 is 0 Å². The van der Waals surface area contributed by atoms with Gasteiger partial charge in [-0.15, -0.1) is 0 Å². The second kappa shape index (κ2) is 13.1. The van der Waals surface area contributed by atoms with Gasteiger partial charge in [0, 0.05) is 18.6 Å². The molecule has 16 heteroatoms. The Morgan fingerprint density at radius 3 is 1.96 bits per heavy atom. The van der Waals surface area contributed by atoms with Gasteiger partial charge >= 0.3 is 5.97 Å². The van der Waals surface area contributed by atoms with Crippen molar-refractivity contribution in [3.8, 4) is 28.6 Å². The molecule has 0 spiro atoms. The molecule has 5 rings (SSSR count). The molecule has 0 radical (unpaired) electrons. The van der Waals surface area contributed by atoms with Crippen molar-refractivity contribution in [1.29, 1.82) is 0 Å². The van der Waals surface area contributed by atoms with Crippen LogP contribution < -0.4 is 10.2 Å². The summed E-state index contributed by atoms with van der Waals surface area (Å²) in [6.45, 7) is -0.734. The zero-order valence-electron chi connectivity index (χ0n) is 24.5. The minimum Gasteiger partial charge on any atom is -0.507 e. The summed E-state index contributed by atoms with van der Waals surface area (Å²) in [4.78, 5) is 25.8. The van der Waals surface area contributed by atoms with Crippen LogP contribution in [0.25, 0.3) is 22.3 Å². The molecular formula is C30H34O16. The molecule has 0 saturated carbocycles. The molecule has 250 valence electrons. The standard InChI is InChI=1S/C30H34O16/c1-10(33)43-30-25(40)21(36)16(9-32)46-29(30)19-23(38)18(28-26(41)24(39)20(35)15(8-31)45-28)22(37)17-13(34)7-14(44-27(17)19)11-3-5-12(42-2)6-4-11/h3-7,15-16,20-21,24-26,28-32,35-41H,8-9H2,1-2H3. The SMILES string of the molecule is COc1ccc(-c2cc(=O)c3c(O)c(C4OC(CO)C(O)C(O)C4O)c(O)c(C4OC(CO)C(O)C(O)C4OC(C)=O)c3o2)cc1. The number of rotatable bonds is 7. The topological polar surface area (TPSA) is 266 Å². The number of fused-ring (bicyclic) bond motifs is 1. The number of hydrogen-bond acceptors (Lipinski definition) is 16. The van der Waals surface area contributed by atoms with Gasteiger partial charge in [-0.3, -0.25) is 9.59 Å². The van der Waals surface area contributed by atoms with Gasteiger partial charge in [-0.2, -0.15) is 0 Å². The Bertz CT molecular complexity index is 1630. The Hall–Kier alpha value is -3.84. The van der Waals surface area contributed by atoms with E-state index >= 15 is 0 Å². The highest BCUT2D eigenvalue weighted by Crippen LogP contribution is 2.51. The summed E-state index contributed by atoms with van der Waals surface area (Å²) in [5, 5.41) is 95.4. The number of ether oxygens (including phenoxy) is 4. The fraction of sp³-hybridized carbons (Fsp3) is 0.467. The van der Waals surface area contributed by atoms with E-state index in [2.05, 4.69) is 0 Å². The Morgan fingerprint density at radius 1 is 0.804 bits per heavy atom. The smallest absolute Gasteiger partial charge is 0.303 e. The lowest BCUT2D eigenvalue weighted by molar-refractivity contribution is -0.241. The summed E-state index contributed by atoms with van der Waals surface area (Å²) in [5.41, 5.74) is -2.34. The van der Waals surface area contributed by atoms with Crippen LogP contribution in [-0.2, 0) is 19.0 Å². The van der Waals surface area contributed by atoms with Crippen molar-refractivity contribution in [1.82, 2.24) is 0 Å². The van der Waals surface area contributed by atoms with Crippen LogP contribution in [0.4, 0.5) is 0 Å². The van der Waals surface area contributed by atoms with Crippen LogP contribution in [0.5, 0.6) is 17.2 Å². The molecule has 0 bridgehead atoms. The van der Waals surface area contributed by atoms with E-state index in [1.165, 1.54) is 7.11 Å². The quantitative estimate of drug-likeness (QED) is 0.131. The van der Waals surface area contributed by atoms with Crippen molar-refractivity contribution in [2.24, 2.45) is 0 Å². The lowest BCUT2D eigenvalue weighted by atomic mass is 9.85. The Labute approximate surface area is 259 Å². The van der Waals surface area contributed by atoms with Gasteiger partial charge < -0.3 is 69.3 Å². The van der Waals surface area contributed by atoms with E-state index in [4.69, 9.17) is 23.4 Å². The molecule has 3 aromatic rings. The predicted octanol–water partition coefficient (Wildman–Crippen LogP) is -1.52. The zero-order valence-corrected chi connectivity index (χ0v) is 24.5. The molecule has 16 nitrogen and oxygen atoms in total. The van der Waals surface area contributed by atoms with E-state index in [1.807, 2.05) is 0 Å². The van der Waals surface area contributed by atoms with Crippen LogP contribution in [-0.4, -0.2) is 121 Å². The fourth-order valence-electron chi connectivity index (χ4n) is 5.82. The summed E-state index contributed by atoms with van der Waals surface area (Å²) in [6.07, 6.45) is -18.0. The maximum absolute atomic E-state index is 13.7. The predicted molar refractivity (Wildman–Crippen MR) is 153 cm³/mol. The number of benzene rings is 2. The summed E-state index contributed by atoms with van der Waals surface area (Å²) < 4.78 is 27.9. The fourth-order valence-corrected chi connectivity index (χ4v) is 5.82. The van der Waals surface area contributed by atoms with Gasteiger partial charge in [0.25, 0.3) is 0 Å². The van der Waals surface area contributed by atoms with E-state index in [0.717, 1.165) is 13.0 Å². The molecular weight excluding hydrogens is 616 g/mol. The monoisotopic (exact) mass is 650 g/mol. The first-order chi connectivity index (χ1) is 21.8. The number of aliphatic hydroxyl groups is 7. The Kier molecular flexibility index (Phi) is 9.55. The summed E-state index contributed by atoms with van der Waals surface area (Å²) in [7, 11) is 1.45. The van der Waals surface area contributed by atoms with Gasteiger partial charge in [-0.05, 0) is 24.3 Å². The maximum atomic E-state index is 13.7. The van der Waals surface area contributed by atoms with Gasteiger partial charge in [0.15, 0.2) is 17.1 Å². The molecule has 2 aliphatic heterocycles. The molecule has 0 aliphatic carbocycles. The van der Waals surface area contributed by atoms with Gasteiger partial charge in [-0.1, -0.05) is 0 Å². The van der Waals surface area contributed by atoms with Crippen molar-refractivity contribution in [3.05, 3.63) is 51.7 Å². The van der Waals surface area contributed by atoms with E-state index in [1.54, 1.807) is 24.3 Å². The number of esters is 1. The Balaban J connectivity index is 1.84. The number of hydrogen-bond donors (Lipinski definition) is 9. The van der Waals surface area contributed by atoms with Crippen LogP contribution in [0.3, 0.4) is 0 Å². The van der Waals surface area contributed by atoms with Crippen LogP contribution in [0.1, 0.15) is 30.3 Å². The number of phenols is 2. The first-order valence-electron chi connectivity index (χ1n) is 14.1. The van der Waals surface area contributed by atoms with Gasteiger partial charge in [0.05, 0.1) is 31.5 Å². The van der Waals surface area contributed by atoms with Crippen molar-refractivity contribution in [2.45, 2.75) is 68.0 Å².